The molecule has 0 saturated heterocycles. The van der Waals surface area contributed by atoms with Crippen molar-refractivity contribution in [2.45, 2.75) is 18.1 Å². The lowest BCUT2D eigenvalue weighted by molar-refractivity contribution is 0.0172. The minimum atomic E-state index is -1.61. The normalized spacial score (nSPS) is 14.1. The van der Waals surface area contributed by atoms with Gasteiger partial charge in [-0.15, -0.1) is 0 Å². The van der Waals surface area contributed by atoms with Crippen LogP contribution in [0.5, 0.6) is 5.75 Å². The molecule has 5 N–H and O–H groups in total. The van der Waals surface area contributed by atoms with E-state index in [1.165, 1.54) is 6.07 Å². The number of aromatic carboxylic acids is 1. The maximum absolute atomic E-state index is 12.2. The smallest absolute Gasteiger partial charge is 0.407 e. The zero-order valence-electron chi connectivity index (χ0n) is 17.5. The van der Waals surface area contributed by atoms with Crippen molar-refractivity contribution in [3.05, 3.63) is 89.0 Å². The number of carbonyl (C=O) groups is 2. The van der Waals surface area contributed by atoms with Crippen LogP contribution in [0.15, 0.2) is 66.7 Å². The molecule has 1 aliphatic carbocycles. The number of alkyl carbamates (subject to hydrolysis) is 1. The van der Waals surface area contributed by atoms with E-state index < -0.39 is 24.3 Å². The first-order valence-electron chi connectivity index (χ1n) is 10.4. The van der Waals surface area contributed by atoms with Gasteiger partial charge in [-0.3, -0.25) is 0 Å². The monoisotopic (exact) mass is 449 g/mol. The Balaban J connectivity index is 1.36. The number of aliphatic hydroxyl groups is 2. The van der Waals surface area contributed by atoms with E-state index in [0.717, 1.165) is 34.4 Å². The zero-order valence-corrected chi connectivity index (χ0v) is 17.5. The van der Waals surface area contributed by atoms with Crippen LogP contribution in [0.1, 0.15) is 39.1 Å². The summed E-state index contributed by atoms with van der Waals surface area (Å²) in [5.41, 5.74) is 4.02. The first kappa shape index (κ1) is 22.3. The van der Waals surface area contributed by atoms with Gasteiger partial charge in [-0.1, -0.05) is 48.5 Å². The second-order valence-corrected chi connectivity index (χ2v) is 7.80. The second kappa shape index (κ2) is 9.32. The molecule has 0 saturated carbocycles. The van der Waals surface area contributed by atoms with E-state index in [0.29, 0.717) is 0 Å². The summed E-state index contributed by atoms with van der Waals surface area (Å²) in [6.07, 6.45) is -3.88. The molecule has 3 aromatic rings. The molecule has 2 atom stereocenters. The van der Waals surface area contributed by atoms with Crippen LogP contribution >= 0.6 is 0 Å². The van der Waals surface area contributed by atoms with E-state index in [2.05, 4.69) is 5.32 Å². The number of rotatable bonds is 7. The number of amides is 1. The molecule has 4 rings (SSSR count). The molecule has 0 aromatic heterocycles. The summed E-state index contributed by atoms with van der Waals surface area (Å²) < 4.78 is 5.38. The number of aliphatic hydroxyl groups excluding tert-OH is 2. The van der Waals surface area contributed by atoms with Crippen LogP contribution in [-0.2, 0) is 4.74 Å². The summed E-state index contributed by atoms with van der Waals surface area (Å²) >= 11 is 0. The maximum atomic E-state index is 12.2. The van der Waals surface area contributed by atoms with Crippen molar-refractivity contribution in [2.75, 3.05) is 13.2 Å². The van der Waals surface area contributed by atoms with Gasteiger partial charge in [-0.25, -0.2) is 9.59 Å². The van der Waals surface area contributed by atoms with Crippen molar-refractivity contribution in [1.82, 2.24) is 5.32 Å². The van der Waals surface area contributed by atoms with Gasteiger partial charge in [0, 0.05) is 18.0 Å². The molecule has 8 nitrogen and oxygen atoms in total. The highest BCUT2D eigenvalue weighted by Crippen LogP contribution is 2.44. The third-order valence-corrected chi connectivity index (χ3v) is 5.76. The fraction of sp³-hybridized carbons (Fsp3) is 0.200. The van der Waals surface area contributed by atoms with Crippen LogP contribution in [0.4, 0.5) is 4.79 Å². The number of hydrogen-bond acceptors (Lipinski definition) is 6. The number of hydrogen-bond donors (Lipinski definition) is 5. The standard InChI is InChI=1S/C25H23NO7/c27-21-10-9-14(24(30)31)11-19(21)23(29)22(28)12-26-25(32)33-13-20-17-7-3-1-5-15(17)16-6-2-4-8-18(16)20/h1-11,20,22-23,27-29H,12-13H2,(H,26,32)(H,30,31). The van der Waals surface area contributed by atoms with E-state index in [1.54, 1.807) is 0 Å². The highest BCUT2D eigenvalue weighted by molar-refractivity contribution is 5.88. The number of benzene rings is 3. The van der Waals surface area contributed by atoms with E-state index in [1.807, 2.05) is 48.5 Å². The first-order valence-corrected chi connectivity index (χ1v) is 10.4. The van der Waals surface area contributed by atoms with Crippen molar-refractivity contribution < 1.29 is 34.8 Å². The highest BCUT2D eigenvalue weighted by Gasteiger charge is 2.29. The predicted octanol–water partition coefficient (Wildman–Crippen LogP) is 3.02. The Morgan fingerprint density at radius 2 is 1.55 bits per heavy atom. The summed E-state index contributed by atoms with van der Waals surface area (Å²) in [7, 11) is 0. The van der Waals surface area contributed by atoms with Gasteiger partial charge in [0.15, 0.2) is 0 Å². The molecule has 2 unspecified atom stereocenters. The molecule has 0 fully saturated rings. The average Bonchev–Trinajstić information content (AvgIpc) is 3.14. The van der Waals surface area contributed by atoms with Gasteiger partial charge in [0.25, 0.3) is 0 Å². The number of fused-ring (bicyclic) bond motifs is 3. The molecule has 3 aromatic carbocycles. The third-order valence-electron chi connectivity index (χ3n) is 5.76. The number of phenols is 1. The Kier molecular flexibility index (Phi) is 6.30. The summed E-state index contributed by atoms with van der Waals surface area (Å²) in [6.45, 7) is -0.269. The minimum Gasteiger partial charge on any atom is -0.508 e. The average molecular weight is 449 g/mol. The fourth-order valence-corrected chi connectivity index (χ4v) is 4.08. The van der Waals surface area contributed by atoms with Gasteiger partial charge >= 0.3 is 12.1 Å². The van der Waals surface area contributed by atoms with Gasteiger partial charge in [0.1, 0.15) is 24.6 Å². The molecule has 0 radical (unpaired) electrons. The largest absolute Gasteiger partial charge is 0.508 e. The molecule has 0 aliphatic heterocycles. The van der Waals surface area contributed by atoms with Gasteiger partial charge in [0.2, 0.25) is 0 Å². The number of carboxylic acids is 1. The number of ether oxygens (including phenoxy) is 1. The SMILES string of the molecule is O=C(NCC(O)C(O)c1cc(C(=O)O)ccc1O)OCC1c2ccccc2-c2ccccc21. The molecular weight excluding hydrogens is 426 g/mol. The van der Waals surface area contributed by atoms with Crippen molar-refractivity contribution in [3.63, 3.8) is 0 Å². The van der Waals surface area contributed by atoms with Crippen LogP contribution in [-0.4, -0.2) is 51.7 Å². The van der Waals surface area contributed by atoms with Crippen LogP contribution in [0.3, 0.4) is 0 Å². The van der Waals surface area contributed by atoms with Gasteiger partial charge in [-0.05, 0) is 40.5 Å². The molecule has 8 heteroatoms. The topological polar surface area (TPSA) is 136 Å². The van der Waals surface area contributed by atoms with E-state index in [4.69, 9.17) is 9.84 Å². The predicted molar refractivity (Wildman–Crippen MR) is 119 cm³/mol. The Bertz CT molecular complexity index is 1150. The third kappa shape index (κ3) is 4.52. The number of carbonyl (C=O) groups excluding carboxylic acids is 1. The lowest BCUT2D eigenvalue weighted by Gasteiger charge is -2.20. The molecule has 0 spiro atoms. The molecule has 1 aliphatic rings. The molecule has 0 bridgehead atoms. The minimum absolute atomic E-state index is 0.0972. The molecule has 33 heavy (non-hydrogen) atoms. The lowest BCUT2D eigenvalue weighted by atomic mass is 9.98. The van der Waals surface area contributed by atoms with Gasteiger partial charge in [0.05, 0.1) is 5.56 Å². The summed E-state index contributed by atoms with van der Waals surface area (Å²) in [6, 6.07) is 19.2. The lowest BCUT2D eigenvalue weighted by Crippen LogP contribution is -2.36. The zero-order chi connectivity index (χ0) is 23.5. The fourth-order valence-electron chi connectivity index (χ4n) is 4.08. The number of phenolic OH excluding ortho intramolecular Hbond substituents is 1. The van der Waals surface area contributed by atoms with E-state index >= 15 is 0 Å². The Labute approximate surface area is 189 Å². The summed E-state index contributed by atoms with van der Waals surface area (Å²) in [5.74, 6) is -1.73. The number of aromatic hydroxyl groups is 1. The van der Waals surface area contributed by atoms with Gasteiger partial charge < -0.3 is 30.5 Å². The number of carboxylic acid groups (broad SMARTS) is 1. The number of nitrogens with one attached hydrogen (secondary N) is 1. The maximum Gasteiger partial charge on any atom is 0.407 e. The molecule has 0 heterocycles. The van der Waals surface area contributed by atoms with Crippen LogP contribution in [0, 0.1) is 0 Å². The Morgan fingerprint density at radius 3 is 2.15 bits per heavy atom. The second-order valence-electron chi connectivity index (χ2n) is 7.80. The van der Waals surface area contributed by atoms with Crippen molar-refractivity contribution >= 4 is 12.1 Å². The van der Waals surface area contributed by atoms with Crippen molar-refractivity contribution in [2.24, 2.45) is 0 Å². The van der Waals surface area contributed by atoms with E-state index in [9.17, 15) is 24.9 Å². The molecular formula is C25H23NO7. The van der Waals surface area contributed by atoms with Crippen molar-refractivity contribution in [3.8, 4) is 16.9 Å². The Morgan fingerprint density at radius 1 is 0.939 bits per heavy atom. The van der Waals surface area contributed by atoms with Crippen LogP contribution in [0.25, 0.3) is 11.1 Å². The highest BCUT2D eigenvalue weighted by atomic mass is 16.5. The summed E-state index contributed by atoms with van der Waals surface area (Å²) in [5, 5.41) is 41.9. The molecule has 170 valence electrons. The van der Waals surface area contributed by atoms with Crippen LogP contribution < -0.4 is 5.32 Å². The Hall–Kier alpha value is -3.88. The van der Waals surface area contributed by atoms with Gasteiger partial charge in [-0.2, -0.15) is 0 Å². The first-order chi connectivity index (χ1) is 15.9. The van der Waals surface area contributed by atoms with Crippen molar-refractivity contribution in [1.29, 1.82) is 0 Å². The van der Waals surface area contributed by atoms with Crippen LogP contribution in [0.2, 0.25) is 0 Å². The quantitative estimate of drug-likeness (QED) is 0.374. The van der Waals surface area contributed by atoms with E-state index in [-0.39, 0.29) is 35.9 Å². The summed E-state index contributed by atoms with van der Waals surface area (Å²) in [4.78, 5) is 23.4. The molecule has 1 amide bonds.